The van der Waals surface area contributed by atoms with Crippen LogP contribution in [0.1, 0.15) is 38.8 Å². The smallest absolute Gasteiger partial charge is 0.223 e. The number of nitrogens with two attached hydrogens (primary N) is 1. The standard InChI is InChI=1S/C12H20N4O/c1-12(2,3)10-14-9(15-11(13)16-10)6-8-4-5-17-7-8/h8H,4-7H2,1-3H3,(H2,13,14,15,16). The van der Waals surface area contributed by atoms with Crippen molar-refractivity contribution in [2.24, 2.45) is 5.92 Å². The summed E-state index contributed by atoms with van der Waals surface area (Å²) in [7, 11) is 0. The lowest BCUT2D eigenvalue weighted by Crippen LogP contribution is -2.20. The molecule has 2 heterocycles. The highest BCUT2D eigenvalue weighted by Crippen LogP contribution is 2.21. The van der Waals surface area contributed by atoms with Crippen molar-refractivity contribution >= 4 is 5.95 Å². The van der Waals surface area contributed by atoms with Crippen LogP contribution in [0.25, 0.3) is 0 Å². The topological polar surface area (TPSA) is 73.9 Å². The number of nitrogen functional groups attached to an aromatic ring is 1. The summed E-state index contributed by atoms with van der Waals surface area (Å²) in [5, 5.41) is 0. The summed E-state index contributed by atoms with van der Waals surface area (Å²) in [6, 6.07) is 0. The number of ether oxygens (including phenoxy) is 1. The van der Waals surface area contributed by atoms with Crippen LogP contribution in [-0.4, -0.2) is 28.2 Å². The van der Waals surface area contributed by atoms with E-state index in [-0.39, 0.29) is 5.41 Å². The zero-order valence-corrected chi connectivity index (χ0v) is 10.7. The number of nitrogens with zero attached hydrogens (tertiary/aromatic N) is 3. The normalized spacial score (nSPS) is 20.8. The van der Waals surface area contributed by atoms with Gasteiger partial charge in [-0.2, -0.15) is 9.97 Å². The Morgan fingerprint density at radius 2 is 2.06 bits per heavy atom. The average molecular weight is 236 g/mol. The molecule has 1 saturated heterocycles. The summed E-state index contributed by atoms with van der Waals surface area (Å²) >= 11 is 0. The Kier molecular flexibility index (Phi) is 3.28. The third-order valence-corrected chi connectivity index (χ3v) is 2.87. The van der Waals surface area contributed by atoms with Crippen LogP contribution in [0.15, 0.2) is 0 Å². The number of hydrogen-bond donors (Lipinski definition) is 1. The lowest BCUT2D eigenvalue weighted by Gasteiger charge is -2.17. The molecule has 2 rings (SSSR count). The minimum absolute atomic E-state index is 0.0992. The molecule has 1 aliphatic heterocycles. The van der Waals surface area contributed by atoms with Crippen LogP contribution in [0.5, 0.6) is 0 Å². The van der Waals surface area contributed by atoms with Crippen LogP contribution < -0.4 is 5.73 Å². The summed E-state index contributed by atoms with van der Waals surface area (Å²) < 4.78 is 5.35. The number of rotatable bonds is 2. The summed E-state index contributed by atoms with van der Waals surface area (Å²) in [6.07, 6.45) is 1.91. The Bertz CT molecular complexity index is 394. The lowest BCUT2D eigenvalue weighted by molar-refractivity contribution is 0.185. The summed E-state index contributed by atoms with van der Waals surface area (Å²) in [6.45, 7) is 7.87. The Hall–Kier alpha value is -1.23. The van der Waals surface area contributed by atoms with Crippen LogP contribution in [0.2, 0.25) is 0 Å². The monoisotopic (exact) mass is 236 g/mol. The van der Waals surface area contributed by atoms with Crippen molar-refractivity contribution < 1.29 is 4.74 Å². The first kappa shape index (κ1) is 12.2. The fourth-order valence-electron chi connectivity index (χ4n) is 1.87. The molecule has 1 fully saturated rings. The van der Waals surface area contributed by atoms with Crippen LogP contribution in [-0.2, 0) is 16.6 Å². The van der Waals surface area contributed by atoms with E-state index in [0.717, 1.165) is 37.7 Å². The number of aromatic nitrogens is 3. The lowest BCUT2D eigenvalue weighted by atomic mass is 9.95. The van der Waals surface area contributed by atoms with E-state index in [1.807, 2.05) is 0 Å². The fraction of sp³-hybridized carbons (Fsp3) is 0.750. The molecule has 0 saturated carbocycles. The van der Waals surface area contributed by atoms with Gasteiger partial charge in [0.05, 0.1) is 0 Å². The molecular weight excluding hydrogens is 216 g/mol. The fourth-order valence-corrected chi connectivity index (χ4v) is 1.87. The van der Waals surface area contributed by atoms with Crippen molar-refractivity contribution in [3.63, 3.8) is 0 Å². The molecule has 0 amide bonds. The molecule has 94 valence electrons. The molecule has 1 aromatic rings. The van der Waals surface area contributed by atoms with Crippen molar-refractivity contribution in [1.29, 1.82) is 0 Å². The van der Waals surface area contributed by atoms with E-state index >= 15 is 0 Å². The molecule has 0 bridgehead atoms. The SMILES string of the molecule is CC(C)(C)c1nc(N)nc(CC2CCOC2)n1. The van der Waals surface area contributed by atoms with Gasteiger partial charge in [-0.25, -0.2) is 4.98 Å². The minimum Gasteiger partial charge on any atom is -0.381 e. The van der Waals surface area contributed by atoms with E-state index in [0.29, 0.717) is 11.9 Å². The van der Waals surface area contributed by atoms with E-state index in [9.17, 15) is 0 Å². The second-order valence-corrected chi connectivity index (χ2v) is 5.62. The molecule has 0 aliphatic carbocycles. The third kappa shape index (κ3) is 3.12. The third-order valence-electron chi connectivity index (χ3n) is 2.87. The maximum Gasteiger partial charge on any atom is 0.223 e. The van der Waals surface area contributed by atoms with Gasteiger partial charge >= 0.3 is 0 Å². The van der Waals surface area contributed by atoms with Crippen LogP contribution >= 0.6 is 0 Å². The predicted octanol–water partition coefficient (Wildman–Crippen LogP) is 1.33. The molecule has 1 aliphatic rings. The van der Waals surface area contributed by atoms with Crippen molar-refractivity contribution in [2.75, 3.05) is 18.9 Å². The second-order valence-electron chi connectivity index (χ2n) is 5.62. The van der Waals surface area contributed by atoms with Crippen LogP contribution in [0.4, 0.5) is 5.95 Å². The average Bonchev–Trinajstić information content (AvgIpc) is 2.68. The van der Waals surface area contributed by atoms with Crippen LogP contribution in [0, 0.1) is 5.92 Å². The maximum atomic E-state index is 5.74. The van der Waals surface area contributed by atoms with Crippen LogP contribution in [0.3, 0.4) is 0 Å². The highest BCUT2D eigenvalue weighted by molar-refractivity contribution is 5.19. The molecule has 0 spiro atoms. The molecule has 1 unspecified atom stereocenters. The molecule has 0 aromatic carbocycles. The molecule has 1 atom stereocenters. The Morgan fingerprint density at radius 3 is 2.65 bits per heavy atom. The summed E-state index contributed by atoms with van der Waals surface area (Å²) in [4.78, 5) is 12.9. The number of anilines is 1. The molecule has 5 nitrogen and oxygen atoms in total. The van der Waals surface area contributed by atoms with Crippen molar-refractivity contribution in [3.05, 3.63) is 11.6 Å². The van der Waals surface area contributed by atoms with Gasteiger partial charge in [-0.1, -0.05) is 20.8 Å². The van der Waals surface area contributed by atoms with E-state index < -0.39 is 0 Å². The summed E-state index contributed by atoms with van der Waals surface area (Å²) in [5.74, 6) is 2.39. The Labute approximate surface area is 102 Å². The first-order valence-electron chi connectivity index (χ1n) is 6.04. The first-order valence-corrected chi connectivity index (χ1v) is 6.04. The van der Waals surface area contributed by atoms with Gasteiger partial charge in [-0.15, -0.1) is 0 Å². The zero-order valence-electron chi connectivity index (χ0n) is 10.7. The van der Waals surface area contributed by atoms with E-state index in [1.54, 1.807) is 0 Å². The highest BCUT2D eigenvalue weighted by atomic mass is 16.5. The van der Waals surface area contributed by atoms with E-state index in [4.69, 9.17) is 10.5 Å². The minimum atomic E-state index is -0.0992. The Balaban J connectivity index is 2.19. The molecule has 17 heavy (non-hydrogen) atoms. The Morgan fingerprint density at radius 1 is 1.29 bits per heavy atom. The summed E-state index contributed by atoms with van der Waals surface area (Å²) in [5.41, 5.74) is 5.64. The first-order chi connectivity index (χ1) is 7.95. The highest BCUT2D eigenvalue weighted by Gasteiger charge is 2.22. The molecule has 0 radical (unpaired) electrons. The van der Waals surface area contributed by atoms with Gasteiger partial charge < -0.3 is 10.5 Å². The van der Waals surface area contributed by atoms with Gasteiger partial charge in [-0.05, 0) is 12.3 Å². The largest absolute Gasteiger partial charge is 0.381 e. The molecule has 1 aromatic heterocycles. The zero-order chi connectivity index (χ0) is 12.5. The van der Waals surface area contributed by atoms with Crippen molar-refractivity contribution in [1.82, 2.24) is 15.0 Å². The van der Waals surface area contributed by atoms with Crippen molar-refractivity contribution in [3.8, 4) is 0 Å². The van der Waals surface area contributed by atoms with Gasteiger partial charge in [0.15, 0.2) is 0 Å². The predicted molar refractivity (Wildman–Crippen MR) is 65.6 cm³/mol. The molecular formula is C12H20N4O. The molecule has 2 N–H and O–H groups in total. The number of hydrogen-bond acceptors (Lipinski definition) is 5. The second kappa shape index (κ2) is 4.56. The quantitative estimate of drug-likeness (QED) is 0.838. The van der Waals surface area contributed by atoms with Gasteiger partial charge in [-0.3, -0.25) is 0 Å². The van der Waals surface area contributed by atoms with Gasteiger partial charge in [0.1, 0.15) is 11.6 Å². The van der Waals surface area contributed by atoms with E-state index in [2.05, 4.69) is 35.7 Å². The van der Waals surface area contributed by atoms with Crippen molar-refractivity contribution in [2.45, 2.75) is 39.0 Å². The van der Waals surface area contributed by atoms with Gasteiger partial charge in [0, 0.05) is 25.0 Å². The van der Waals surface area contributed by atoms with Gasteiger partial charge in [0.25, 0.3) is 0 Å². The van der Waals surface area contributed by atoms with Gasteiger partial charge in [0.2, 0.25) is 5.95 Å². The maximum absolute atomic E-state index is 5.74. The molecule has 5 heteroatoms. The van der Waals surface area contributed by atoms with E-state index in [1.165, 1.54) is 0 Å².